The van der Waals surface area contributed by atoms with Crippen LogP contribution in [0.5, 0.6) is 11.5 Å². The zero-order valence-corrected chi connectivity index (χ0v) is 13.2. The first-order valence-corrected chi connectivity index (χ1v) is 7.86. The molecule has 23 heavy (non-hydrogen) atoms. The Morgan fingerprint density at radius 1 is 0.783 bits per heavy atom. The van der Waals surface area contributed by atoms with Crippen molar-refractivity contribution in [2.24, 2.45) is 11.8 Å². The first-order valence-electron chi connectivity index (χ1n) is 7.86. The normalized spacial score (nSPS) is 27.8. The lowest BCUT2D eigenvalue weighted by Crippen LogP contribution is -2.46. The van der Waals surface area contributed by atoms with Gasteiger partial charge in [-0.25, -0.2) is 0 Å². The van der Waals surface area contributed by atoms with E-state index in [1.807, 2.05) is 38.1 Å². The Morgan fingerprint density at radius 2 is 1.17 bits per heavy atom. The summed E-state index contributed by atoms with van der Waals surface area (Å²) in [7, 11) is 0. The number of phenolic OH excluding ortho intramolecular Hbond substituents is 2. The highest BCUT2D eigenvalue weighted by molar-refractivity contribution is 5.85. The first kappa shape index (κ1) is 15.6. The molecule has 0 spiro atoms. The number of rotatable bonds is 2. The van der Waals surface area contributed by atoms with E-state index in [0.29, 0.717) is 11.1 Å². The van der Waals surface area contributed by atoms with Gasteiger partial charge in [-0.05, 0) is 12.1 Å². The van der Waals surface area contributed by atoms with E-state index in [1.54, 1.807) is 24.3 Å². The molecular formula is C19H21NO3. The quantitative estimate of drug-likeness (QED) is 0.796. The zero-order chi connectivity index (χ0) is 16.6. The Hall–Kier alpha value is -2.33. The molecule has 4 atom stereocenters. The van der Waals surface area contributed by atoms with Crippen LogP contribution in [0.1, 0.15) is 37.1 Å². The van der Waals surface area contributed by atoms with Crippen molar-refractivity contribution in [3.63, 3.8) is 0 Å². The summed E-state index contributed by atoms with van der Waals surface area (Å²) in [5.74, 6) is -0.0171. The molecule has 0 aliphatic carbocycles. The van der Waals surface area contributed by atoms with Gasteiger partial charge in [-0.3, -0.25) is 4.79 Å². The Bertz CT molecular complexity index is 669. The van der Waals surface area contributed by atoms with E-state index < -0.39 is 0 Å². The minimum Gasteiger partial charge on any atom is -0.508 e. The average molecular weight is 311 g/mol. The predicted molar refractivity (Wildman–Crippen MR) is 88.2 cm³/mol. The standard InChI is InChI=1S/C19H21NO3/c1-11-17(13-7-3-5-9-15(13)21)20-18(12(2)19(11)23)14-8-4-6-10-16(14)22/h3-12,17-18,20-22H,1-2H3/t11-,12+,17+,18-. The van der Waals surface area contributed by atoms with Crippen molar-refractivity contribution >= 4 is 5.78 Å². The predicted octanol–water partition coefficient (Wildman–Crippen LogP) is 3.32. The molecule has 0 saturated carbocycles. The van der Waals surface area contributed by atoms with Crippen LogP contribution in [0.2, 0.25) is 0 Å². The van der Waals surface area contributed by atoms with E-state index in [0.717, 1.165) is 0 Å². The molecule has 3 N–H and O–H groups in total. The third kappa shape index (κ3) is 2.70. The highest BCUT2D eigenvalue weighted by atomic mass is 16.3. The Labute approximate surface area is 135 Å². The molecule has 1 saturated heterocycles. The van der Waals surface area contributed by atoms with Crippen molar-refractivity contribution in [1.29, 1.82) is 0 Å². The number of hydrogen-bond donors (Lipinski definition) is 3. The number of phenols is 2. The molecule has 2 aromatic carbocycles. The molecule has 0 amide bonds. The number of benzene rings is 2. The number of hydrogen-bond acceptors (Lipinski definition) is 4. The molecule has 1 fully saturated rings. The smallest absolute Gasteiger partial charge is 0.142 e. The lowest BCUT2D eigenvalue weighted by molar-refractivity contribution is -0.130. The fourth-order valence-corrected chi connectivity index (χ4v) is 3.44. The number of ketones is 1. The van der Waals surface area contributed by atoms with Gasteiger partial charge in [0.05, 0.1) is 0 Å². The number of aromatic hydroxyl groups is 2. The first-order chi connectivity index (χ1) is 11.0. The van der Waals surface area contributed by atoms with Gasteiger partial charge in [0, 0.05) is 35.0 Å². The lowest BCUT2D eigenvalue weighted by atomic mass is 9.76. The van der Waals surface area contributed by atoms with Crippen LogP contribution in [-0.4, -0.2) is 16.0 Å². The van der Waals surface area contributed by atoms with Crippen LogP contribution >= 0.6 is 0 Å². The minimum absolute atomic E-state index is 0.130. The maximum absolute atomic E-state index is 12.7. The van der Waals surface area contributed by atoms with Gasteiger partial charge in [0.2, 0.25) is 0 Å². The van der Waals surface area contributed by atoms with Gasteiger partial charge in [-0.2, -0.15) is 0 Å². The highest BCUT2D eigenvalue weighted by Gasteiger charge is 2.41. The summed E-state index contributed by atoms with van der Waals surface area (Å²) in [6.45, 7) is 3.76. The van der Waals surface area contributed by atoms with E-state index in [4.69, 9.17) is 0 Å². The average Bonchev–Trinajstić information content (AvgIpc) is 2.55. The fourth-order valence-electron chi connectivity index (χ4n) is 3.44. The van der Waals surface area contributed by atoms with E-state index in [-0.39, 0.29) is 41.2 Å². The summed E-state index contributed by atoms with van der Waals surface area (Å²) in [5, 5.41) is 23.7. The topological polar surface area (TPSA) is 69.6 Å². The summed E-state index contributed by atoms with van der Waals surface area (Å²) in [5.41, 5.74) is 1.42. The zero-order valence-electron chi connectivity index (χ0n) is 13.2. The maximum Gasteiger partial charge on any atom is 0.142 e. The van der Waals surface area contributed by atoms with E-state index in [9.17, 15) is 15.0 Å². The van der Waals surface area contributed by atoms with Crippen LogP contribution in [0.3, 0.4) is 0 Å². The van der Waals surface area contributed by atoms with Gasteiger partial charge in [-0.15, -0.1) is 0 Å². The molecule has 1 aliphatic heterocycles. The second kappa shape index (κ2) is 6.05. The number of para-hydroxylation sites is 2. The third-order valence-corrected chi connectivity index (χ3v) is 4.80. The van der Waals surface area contributed by atoms with Gasteiger partial charge in [0.15, 0.2) is 0 Å². The maximum atomic E-state index is 12.7. The molecule has 4 heteroatoms. The summed E-state index contributed by atoms with van der Waals surface area (Å²) >= 11 is 0. The van der Waals surface area contributed by atoms with Crippen LogP contribution in [0.25, 0.3) is 0 Å². The van der Waals surface area contributed by atoms with Gasteiger partial charge < -0.3 is 15.5 Å². The largest absolute Gasteiger partial charge is 0.508 e. The van der Waals surface area contributed by atoms with Crippen molar-refractivity contribution in [3.05, 3.63) is 59.7 Å². The van der Waals surface area contributed by atoms with Gasteiger partial charge >= 0.3 is 0 Å². The second-order valence-corrected chi connectivity index (χ2v) is 6.22. The Kier molecular flexibility index (Phi) is 4.09. The van der Waals surface area contributed by atoms with Gasteiger partial charge in [0.1, 0.15) is 17.3 Å². The molecular weight excluding hydrogens is 290 g/mol. The van der Waals surface area contributed by atoms with Crippen LogP contribution in [0.4, 0.5) is 0 Å². The Balaban J connectivity index is 2.02. The molecule has 120 valence electrons. The number of piperidine rings is 1. The fraction of sp³-hybridized carbons (Fsp3) is 0.316. The minimum atomic E-state index is -0.287. The molecule has 4 nitrogen and oxygen atoms in total. The Morgan fingerprint density at radius 3 is 1.57 bits per heavy atom. The summed E-state index contributed by atoms with van der Waals surface area (Å²) in [6.07, 6.45) is 0. The molecule has 3 rings (SSSR count). The van der Waals surface area contributed by atoms with Crippen LogP contribution < -0.4 is 5.32 Å². The van der Waals surface area contributed by atoms with E-state index >= 15 is 0 Å². The number of nitrogens with one attached hydrogen (secondary N) is 1. The van der Waals surface area contributed by atoms with Gasteiger partial charge in [0.25, 0.3) is 0 Å². The SMILES string of the molecule is C[C@@H]1C(=O)[C@H](C)[C@@H](c2ccccc2O)N[C@H]1c1ccccc1O. The van der Waals surface area contributed by atoms with Crippen LogP contribution in [0.15, 0.2) is 48.5 Å². The molecule has 1 heterocycles. The third-order valence-electron chi connectivity index (χ3n) is 4.80. The van der Waals surface area contributed by atoms with Crippen LogP contribution in [0, 0.1) is 11.8 Å². The molecule has 0 radical (unpaired) electrons. The molecule has 0 aromatic heterocycles. The molecule has 1 aliphatic rings. The number of Topliss-reactive ketones (excluding diaryl/α,β-unsaturated/α-hetero) is 1. The molecule has 0 unspecified atom stereocenters. The van der Waals surface area contributed by atoms with E-state index in [2.05, 4.69) is 5.32 Å². The van der Waals surface area contributed by atoms with Crippen molar-refractivity contribution in [3.8, 4) is 11.5 Å². The molecule has 2 aromatic rings. The molecule has 0 bridgehead atoms. The van der Waals surface area contributed by atoms with Crippen molar-refractivity contribution in [1.82, 2.24) is 5.32 Å². The second-order valence-electron chi connectivity index (χ2n) is 6.22. The summed E-state index contributed by atoms with van der Waals surface area (Å²) < 4.78 is 0. The lowest BCUT2D eigenvalue weighted by Gasteiger charge is -2.39. The number of carbonyl (C=O) groups is 1. The van der Waals surface area contributed by atoms with Crippen molar-refractivity contribution in [2.45, 2.75) is 25.9 Å². The van der Waals surface area contributed by atoms with Crippen molar-refractivity contribution in [2.75, 3.05) is 0 Å². The highest BCUT2D eigenvalue weighted by Crippen LogP contribution is 2.42. The van der Waals surface area contributed by atoms with E-state index in [1.165, 1.54) is 0 Å². The number of carbonyl (C=O) groups excluding carboxylic acids is 1. The van der Waals surface area contributed by atoms with Crippen LogP contribution in [-0.2, 0) is 4.79 Å². The van der Waals surface area contributed by atoms with Gasteiger partial charge in [-0.1, -0.05) is 50.2 Å². The summed E-state index contributed by atoms with van der Waals surface area (Å²) in [6, 6.07) is 13.6. The monoisotopic (exact) mass is 311 g/mol. The van der Waals surface area contributed by atoms with Crippen molar-refractivity contribution < 1.29 is 15.0 Å². The summed E-state index contributed by atoms with van der Waals surface area (Å²) in [4.78, 5) is 12.7.